The average molecular weight is 335 g/mol. The number of carbonyl (C=O) groups excluding carboxylic acids is 1. The smallest absolute Gasteiger partial charge is 0.260 e. The Balaban J connectivity index is 2.81. The maximum absolute atomic E-state index is 11.1. The number of carbonyl (C=O) groups is 1. The van der Waals surface area contributed by atoms with Gasteiger partial charge in [-0.2, -0.15) is 0 Å². The van der Waals surface area contributed by atoms with Gasteiger partial charge in [0, 0.05) is 10.7 Å². The van der Waals surface area contributed by atoms with Gasteiger partial charge in [-0.05, 0) is 53.3 Å². The van der Waals surface area contributed by atoms with Gasteiger partial charge in [0.2, 0.25) is 0 Å². The Hall–Kier alpha value is -0.820. The molecule has 0 fully saturated rings. The van der Waals surface area contributed by atoms with Gasteiger partial charge >= 0.3 is 0 Å². The van der Waals surface area contributed by atoms with Crippen LogP contribution in [0.3, 0.4) is 0 Å². The summed E-state index contributed by atoms with van der Waals surface area (Å²) in [6.07, 6.45) is -0.747. The minimum Gasteiger partial charge on any atom is -0.478 e. The van der Waals surface area contributed by atoms with Crippen molar-refractivity contribution in [1.82, 2.24) is 0 Å². The third-order valence-corrected chi connectivity index (χ3v) is 2.71. The molecule has 0 saturated heterocycles. The summed E-state index contributed by atoms with van der Waals surface area (Å²) in [5.41, 5.74) is 6.17. The van der Waals surface area contributed by atoms with E-state index in [0.29, 0.717) is 5.75 Å². The Labute approximate surface area is 108 Å². The van der Waals surface area contributed by atoms with Crippen molar-refractivity contribution >= 4 is 28.5 Å². The van der Waals surface area contributed by atoms with Crippen LogP contribution in [-0.4, -0.2) is 25.7 Å². The summed E-state index contributed by atoms with van der Waals surface area (Å²) in [7, 11) is 1.50. The fourth-order valence-corrected chi connectivity index (χ4v) is 1.87. The fourth-order valence-electron chi connectivity index (χ4n) is 1.22. The van der Waals surface area contributed by atoms with Crippen LogP contribution < -0.4 is 10.5 Å². The van der Waals surface area contributed by atoms with Gasteiger partial charge in [0.15, 0.2) is 6.10 Å². The number of nitrogens with two attached hydrogens (primary N) is 1. The number of benzene rings is 1. The van der Waals surface area contributed by atoms with Crippen molar-refractivity contribution in [3.63, 3.8) is 0 Å². The molecule has 2 N–H and O–H groups in total. The van der Waals surface area contributed by atoms with Gasteiger partial charge in [0.1, 0.15) is 5.75 Å². The number of methoxy groups -OCH3 is 1. The van der Waals surface area contributed by atoms with Crippen LogP contribution in [-0.2, 0) is 9.53 Å². The molecule has 1 atom stereocenters. The molecule has 0 bridgehead atoms. The van der Waals surface area contributed by atoms with Crippen LogP contribution in [0.15, 0.2) is 18.2 Å². The van der Waals surface area contributed by atoms with E-state index in [1.165, 1.54) is 7.11 Å². The van der Waals surface area contributed by atoms with E-state index >= 15 is 0 Å². The molecule has 0 radical (unpaired) electrons. The number of rotatable bonds is 5. The first-order valence-corrected chi connectivity index (χ1v) is 5.83. The number of hydrogen-bond acceptors (Lipinski definition) is 3. The van der Waals surface area contributed by atoms with Gasteiger partial charge in [-0.15, -0.1) is 0 Å². The molecule has 5 heteroatoms. The van der Waals surface area contributed by atoms with Crippen LogP contribution in [0.25, 0.3) is 0 Å². The Morgan fingerprint density at radius 2 is 2.25 bits per heavy atom. The first-order valence-electron chi connectivity index (χ1n) is 4.75. The maximum Gasteiger partial charge on any atom is 0.260 e. The summed E-state index contributed by atoms with van der Waals surface area (Å²) in [6, 6.07) is 5.71. The molecule has 0 saturated carbocycles. The van der Waals surface area contributed by atoms with Crippen molar-refractivity contribution < 1.29 is 14.3 Å². The molecule has 0 aromatic heterocycles. The summed E-state index contributed by atoms with van der Waals surface area (Å²) in [5.74, 6) is 0.126. The fraction of sp³-hybridized carbons (Fsp3) is 0.364. The number of halogens is 1. The normalized spacial score (nSPS) is 12.2. The summed E-state index contributed by atoms with van der Waals surface area (Å²) in [5, 5.41) is 0. The van der Waals surface area contributed by atoms with E-state index in [2.05, 4.69) is 22.6 Å². The van der Waals surface area contributed by atoms with Crippen LogP contribution in [0, 0.1) is 10.5 Å². The van der Waals surface area contributed by atoms with E-state index in [0.717, 1.165) is 9.13 Å². The van der Waals surface area contributed by atoms with Crippen LogP contribution in [0.1, 0.15) is 5.56 Å². The Morgan fingerprint density at radius 1 is 1.56 bits per heavy atom. The van der Waals surface area contributed by atoms with Crippen LogP contribution in [0.5, 0.6) is 5.75 Å². The monoisotopic (exact) mass is 335 g/mol. The number of amides is 1. The molecule has 0 heterocycles. The molecule has 1 aromatic carbocycles. The molecular formula is C11H14INO3. The van der Waals surface area contributed by atoms with Gasteiger partial charge < -0.3 is 15.2 Å². The van der Waals surface area contributed by atoms with E-state index in [1.807, 2.05) is 25.1 Å². The molecule has 1 unspecified atom stereocenters. The highest BCUT2D eigenvalue weighted by molar-refractivity contribution is 14.1. The van der Waals surface area contributed by atoms with Crippen molar-refractivity contribution in [2.24, 2.45) is 5.73 Å². The molecule has 0 spiro atoms. The molecule has 1 amide bonds. The van der Waals surface area contributed by atoms with Crippen molar-refractivity contribution in [2.75, 3.05) is 13.7 Å². The van der Waals surface area contributed by atoms with Gasteiger partial charge in [0.25, 0.3) is 5.91 Å². The lowest BCUT2D eigenvalue weighted by molar-refractivity contribution is -0.126. The van der Waals surface area contributed by atoms with E-state index in [9.17, 15) is 4.79 Å². The average Bonchev–Trinajstić information content (AvgIpc) is 2.20. The summed E-state index contributed by atoms with van der Waals surface area (Å²) >= 11 is 2.21. The molecule has 4 nitrogen and oxygen atoms in total. The standard InChI is InChI=1S/C11H14INO3/c1-7-5-8(12)3-4-9(7)16-10(6-15-2)11(13)14/h3-5,10H,6H2,1-2H3,(H2,13,14). The van der Waals surface area contributed by atoms with Gasteiger partial charge in [-0.1, -0.05) is 0 Å². The SMILES string of the molecule is COCC(Oc1ccc(I)cc1C)C(N)=O. The summed E-state index contributed by atoms with van der Waals surface area (Å²) < 4.78 is 11.5. The van der Waals surface area contributed by atoms with Gasteiger partial charge in [0.05, 0.1) is 6.61 Å². The number of primary amides is 1. The molecule has 0 aliphatic heterocycles. The summed E-state index contributed by atoms with van der Waals surface area (Å²) in [6.45, 7) is 2.07. The zero-order valence-corrected chi connectivity index (χ0v) is 11.4. The molecular weight excluding hydrogens is 321 g/mol. The first kappa shape index (κ1) is 13.2. The minimum atomic E-state index is -0.747. The highest BCUT2D eigenvalue weighted by atomic mass is 127. The minimum absolute atomic E-state index is 0.154. The molecule has 88 valence electrons. The van der Waals surface area contributed by atoms with Crippen molar-refractivity contribution in [3.8, 4) is 5.75 Å². The lowest BCUT2D eigenvalue weighted by atomic mass is 10.2. The second-order valence-corrected chi connectivity index (χ2v) is 4.62. The lowest BCUT2D eigenvalue weighted by Crippen LogP contribution is -2.37. The van der Waals surface area contributed by atoms with Crippen LogP contribution in [0.4, 0.5) is 0 Å². The van der Waals surface area contributed by atoms with Crippen LogP contribution >= 0.6 is 22.6 Å². The third-order valence-electron chi connectivity index (χ3n) is 2.04. The lowest BCUT2D eigenvalue weighted by Gasteiger charge is -2.16. The molecule has 1 aromatic rings. The van der Waals surface area contributed by atoms with E-state index in [-0.39, 0.29) is 6.61 Å². The molecule has 16 heavy (non-hydrogen) atoms. The van der Waals surface area contributed by atoms with E-state index in [4.69, 9.17) is 15.2 Å². The topological polar surface area (TPSA) is 61.6 Å². The third kappa shape index (κ3) is 3.64. The van der Waals surface area contributed by atoms with Crippen molar-refractivity contribution in [1.29, 1.82) is 0 Å². The molecule has 0 aliphatic carbocycles. The number of hydrogen-bond donors (Lipinski definition) is 1. The maximum atomic E-state index is 11.1. The second kappa shape index (κ2) is 6.05. The predicted molar refractivity (Wildman–Crippen MR) is 69.4 cm³/mol. The Bertz CT molecular complexity index is 381. The number of ether oxygens (including phenoxy) is 2. The van der Waals surface area contributed by atoms with E-state index < -0.39 is 12.0 Å². The van der Waals surface area contributed by atoms with Gasteiger partial charge in [-0.3, -0.25) is 4.79 Å². The largest absolute Gasteiger partial charge is 0.478 e. The molecule has 0 aliphatic rings. The van der Waals surface area contributed by atoms with E-state index in [1.54, 1.807) is 0 Å². The number of aryl methyl sites for hydroxylation is 1. The van der Waals surface area contributed by atoms with Crippen molar-refractivity contribution in [2.45, 2.75) is 13.0 Å². The quantitative estimate of drug-likeness (QED) is 0.829. The zero-order valence-electron chi connectivity index (χ0n) is 9.20. The first-order chi connectivity index (χ1) is 7.54. The highest BCUT2D eigenvalue weighted by Gasteiger charge is 2.17. The summed E-state index contributed by atoms with van der Waals surface area (Å²) in [4.78, 5) is 11.1. The predicted octanol–water partition coefficient (Wildman–Crippen LogP) is 1.48. The Morgan fingerprint density at radius 3 is 2.75 bits per heavy atom. The van der Waals surface area contributed by atoms with Gasteiger partial charge in [-0.25, -0.2) is 0 Å². The van der Waals surface area contributed by atoms with Crippen molar-refractivity contribution in [3.05, 3.63) is 27.3 Å². The Kier molecular flexibility index (Phi) is 5.01. The highest BCUT2D eigenvalue weighted by Crippen LogP contribution is 2.21. The molecule has 1 rings (SSSR count). The zero-order chi connectivity index (χ0) is 12.1. The second-order valence-electron chi connectivity index (χ2n) is 3.37. The van der Waals surface area contributed by atoms with Crippen LogP contribution in [0.2, 0.25) is 0 Å².